The van der Waals surface area contributed by atoms with E-state index in [-0.39, 0.29) is 49.1 Å². The minimum Gasteiger partial charge on any atom is -0.490 e. The second kappa shape index (κ2) is 13.0. The Morgan fingerprint density at radius 3 is 2.54 bits per heavy atom. The van der Waals surface area contributed by atoms with E-state index in [0.717, 1.165) is 24.0 Å². The van der Waals surface area contributed by atoms with E-state index in [1.807, 2.05) is 55.5 Å². The van der Waals surface area contributed by atoms with Crippen molar-refractivity contribution in [3.63, 3.8) is 0 Å². The number of amides is 2. The van der Waals surface area contributed by atoms with Gasteiger partial charge in [0.25, 0.3) is 11.8 Å². The maximum absolute atomic E-state index is 14.3. The van der Waals surface area contributed by atoms with Gasteiger partial charge in [0.1, 0.15) is 17.3 Å². The van der Waals surface area contributed by atoms with Crippen LogP contribution in [0.5, 0.6) is 5.75 Å². The highest BCUT2D eigenvalue weighted by molar-refractivity contribution is 9.10. The molecule has 0 radical (unpaired) electrons. The summed E-state index contributed by atoms with van der Waals surface area (Å²) in [6.45, 7) is 2.31. The van der Waals surface area contributed by atoms with E-state index >= 15 is 0 Å². The van der Waals surface area contributed by atoms with Crippen LogP contribution in [0.2, 0.25) is 5.02 Å². The lowest BCUT2D eigenvalue weighted by molar-refractivity contribution is 0.0610. The highest BCUT2D eigenvalue weighted by Gasteiger charge is 2.35. The molecule has 2 aromatic heterocycles. The minimum atomic E-state index is -0.455. The van der Waals surface area contributed by atoms with E-state index in [4.69, 9.17) is 22.1 Å². The van der Waals surface area contributed by atoms with Crippen LogP contribution in [-0.4, -0.2) is 43.0 Å². The number of carbonyl (C=O) groups excluding carboxylic acids is 2. The second-order valence-corrected chi connectivity index (χ2v) is 13.3. The first-order valence-electron chi connectivity index (χ1n) is 15.6. The Morgan fingerprint density at radius 1 is 1.04 bits per heavy atom. The molecule has 0 spiro atoms. The van der Waals surface area contributed by atoms with Crippen molar-refractivity contribution < 1.29 is 14.3 Å². The Bertz CT molecular complexity index is 2110. The molecule has 1 fully saturated rings. The van der Waals surface area contributed by atoms with Gasteiger partial charge in [-0.2, -0.15) is 0 Å². The van der Waals surface area contributed by atoms with Crippen molar-refractivity contribution in [2.75, 3.05) is 5.73 Å². The highest BCUT2D eigenvalue weighted by Crippen LogP contribution is 2.30. The van der Waals surface area contributed by atoms with Crippen LogP contribution >= 0.6 is 27.5 Å². The quantitative estimate of drug-likeness (QED) is 0.196. The molecule has 48 heavy (non-hydrogen) atoms. The van der Waals surface area contributed by atoms with E-state index in [1.165, 1.54) is 4.57 Å². The van der Waals surface area contributed by atoms with E-state index in [1.54, 1.807) is 45.9 Å². The summed E-state index contributed by atoms with van der Waals surface area (Å²) < 4.78 is 9.62. The second-order valence-electron chi connectivity index (χ2n) is 12.0. The van der Waals surface area contributed by atoms with Crippen molar-refractivity contribution in [2.24, 2.45) is 0 Å². The van der Waals surface area contributed by atoms with Gasteiger partial charge in [0.2, 0.25) is 0 Å². The summed E-state index contributed by atoms with van der Waals surface area (Å²) in [4.78, 5) is 48.3. The average molecular weight is 728 g/mol. The van der Waals surface area contributed by atoms with Gasteiger partial charge < -0.3 is 20.7 Å². The number of imidazole rings is 1. The fourth-order valence-corrected chi connectivity index (χ4v) is 6.42. The lowest BCUT2D eigenvalue weighted by Crippen LogP contribution is -2.47. The number of halogens is 2. The first kappa shape index (κ1) is 31.7. The minimum absolute atomic E-state index is 0.0470. The molecule has 0 bridgehead atoms. The number of hydrogen-bond donors (Lipinski definition) is 2. The standard InChI is InChI=1S/C36H32BrClN6O4/c1-21-19-43-31(20-42(21)35(46)22-9-16-28(37)29(38)17-22)33(44(36(43)47)24-10-12-25(13-11-24)48-26-14-15-26)34(45)40-18-23-5-2-3-6-27(23)30-7-4-8-32(39)41-30/h2-13,16-17,21,26H,14-15,18-20H2,1H3,(H2,39,41)(H,40,45)/t21-/m0/s1. The molecule has 1 aliphatic heterocycles. The third-order valence-electron chi connectivity index (χ3n) is 8.61. The fraction of sp³-hybridized carbons (Fsp3) is 0.222. The van der Waals surface area contributed by atoms with Crippen LogP contribution in [0.15, 0.2) is 94.2 Å². The predicted molar refractivity (Wildman–Crippen MR) is 187 cm³/mol. The first-order chi connectivity index (χ1) is 23.2. The van der Waals surface area contributed by atoms with Gasteiger partial charge in [0.05, 0.1) is 34.7 Å². The lowest BCUT2D eigenvalue weighted by atomic mass is 10.0. The summed E-state index contributed by atoms with van der Waals surface area (Å²) in [6, 6.07) is 24.9. The Morgan fingerprint density at radius 2 is 1.81 bits per heavy atom. The van der Waals surface area contributed by atoms with Gasteiger partial charge in [0, 0.05) is 34.7 Å². The maximum Gasteiger partial charge on any atom is 0.333 e. The average Bonchev–Trinajstić information content (AvgIpc) is 3.86. The normalized spacial score (nSPS) is 15.6. The zero-order chi connectivity index (χ0) is 33.5. The molecule has 0 saturated heterocycles. The van der Waals surface area contributed by atoms with Gasteiger partial charge >= 0.3 is 5.69 Å². The van der Waals surface area contributed by atoms with Crippen molar-refractivity contribution in [1.82, 2.24) is 24.3 Å². The van der Waals surface area contributed by atoms with Crippen LogP contribution in [0.25, 0.3) is 16.9 Å². The summed E-state index contributed by atoms with van der Waals surface area (Å²) in [7, 11) is 0. The molecule has 244 valence electrons. The van der Waals surface area contributed by atoms with Crippen LogP contribution in [0.4, 0.5) is 5.82 Å². The Kier molecular flexibility index (Phi) is 8.57. The van der Waals surface area contributed by atoms with Gasteiger partial charge in [-0.15, -0.1) is 0 Å². The lowest BCUT2D eigenvalue weighted by Gasteiger charge is -2.34. The third kappa shape index (κ3) is 6.23. The van der Waals surface area contributed by atoms with Crippen LogP contribution in [0.3, 0.4) is 0 Å². The third-order valence-corrected chi connectivity index (χ3v) is 9.84. The van der Waals surface area contributed by atoms with Crippen LogP contribution < -0.4 is 21.5 Å². The van der Waals surface area contributed by atoms with E-state index in [9.17, 15) is 14.4 Å². The highest BCUT2D eigenvalue weighted by atomic mass is 79.9. The summed E-state index contributed by atoms with van der Waals surface area (Å²) in [5, 5.41) is 3.45. The number of rotatable bonds is 8. The number of fused-ring (bicyclic) bond motifs is 1. The number of ether oxygens (including phenoxy) is 1. The summed E-state index contributed by atoms with van der Waals surface area (Å²) in [6.07, 6.45) is 2.26. The fourth-order valence-electron chi connectivity index (χ4n) is 5.99. The van der Waals surface area contributed by atoms with Gasteiger partial charge in [-0.3, -0.25) is 18.7 Å². The van der Waals surface area contributed by atoms with Gasteiger partial charge in [0.15, 0.2) is 0 Å². The monoisotopic (exact) mass is 726 g/mol. The summed E-state index contributed by atoms with van der Waals surface area (Å²) >= 11 is 9.70. The topological polar surface area (TPSA) is 124 Å². The molecule has 3 heterocycles. The molecule has 1 atom stereocenters. The number of anilines is 1. The molecule has 0 unspecified atom stereocenters. The predicted octanol–water partition coefficient (Wildman–Crippen LogP) is 6.21. The zero-order valence-electron chi connectivity index (χ0n) is 26.0. The number of benzene rings is 3. The molecular weight excluding hydrogens is 696 g/mol. The Balaban J connectivity index is 1.26. The Hall–Kier alpha value is -4.87. The van der Waals surface area contributed by atoms with Crippen molar-refractivity contribution in [1.29, 1.82) is 0 Å². The zero-order valence-corrected chi connectivity index (χ0v) is 28.4. The molecule has 3 aromatic carbocycles. The molecule has 1 saturated carbocycles. The van der Waals surface area contributed by atoms with Crippen molar-refractivity contribution >= 4 is 45.2 Å². The molecule has 5 aromatic rings. The number of hydrogen-bond acceptors (Lipinski definition) is 6. The molecule has 1 aliphatic carbocycles. The van der Waals surface area contributed by atoms with Crippen LogP contribution in [-0.2, 0) is 19.6 Å². The van der Waals surface area contributed by atoms with Crippen molar-refractivity contribution in [2.45, 2.75) is 51.5 Å². The molecule has 10 nitrogen and oxygen atoms in total. The Labute approximate surface area is 290 Å². The number of nitrogens with one attached hydrogen (secondary N) is 1. The van der Waals surface area contributed by atoms with Gasteiger partial charge in [-0.25, -0.2) is 9.78 Å². The summed E-state index contributed by atoms with van der Waals surface area (Å²) in [5.74, 6) is 0.389. The van der Waals surface area contributed by atoms with Crippen molar-refractivity contribution in [3.8, 4) is 22.7 Å². The number of nitrogens with two attached hydrogens (primary N) is 1. The summed E-state index contributed by atoms with van der Waals surface area (Å²) in [5.41, 5.74) is 9.46. The molecular formula is C36H32BrClN6O4. The van der Waals surface area contributed by atoms with Crippen LogP contribution in [0.1, 0.15) is 51.9 Å². The van der Waals surface area contributed by atoms with E-state index in [2.05, 4.69) is 26.2 Å². The van der Waals surface area contributed by atoms with E-state index in [0.29, 0.717) is 43.7 Å². The SMILES string of the molecule is C[C@H]1Cn2c(c(C(=O)NCc3ccccc3-c3cccc(N)n3)n(-c3ccc(OC4CC4)cc3)c2=O)CN1C(=O)c1ccc(Br)c(Cl)c1. The number of pyridine rings is 1. The number of carbonyl (C=O) groups is 2. The molecule has 12 heteroatoms. The maximum atomic E-state index is 14.3. The molecule has 2 aliphatic rings. The smallest absolute Gasteiger partial charge is 0.333 e. The molecule has 3 N–H and O–H groups in total. The number of aromatic nitrogens is 3. The van der Waals surface area contributed by atoms with Gasteiger partial charge in [-0.05, 0) is 95.9 Å². The number of nitrogen functional groups attached to an aromatic ring is 1. The van der Waals surface area contributed by atoms with Gasteiger partial charge in [-0.1, -0.05) is 41.9 Å². The largest absolute Gasteiger partial charge is 0.490 e. The molecule has 7 rings (SSSR count). The first-order valence-corrected chi connectivity index (χ1v) is 16.8. The molecule has 2 amide bonds. The van der Waals surface area contributed by atoms with Crippen molar-refractivity contribution in [3.05, 3.63) is 127 Å². The number of nitrogens with zero attached hydrogens (tertiary/aromatic N) is 4. The van der Waals surface area contributed by atoms with E-state index < -0.39 is 5.91 Å². The van der Waals surface area contributed by atoms with Crippen LogP contribution in [0, 0.1) is 0 Å².